The minimum absolute atomic E-state index is 0.0280. The van der Waals surface area contributed by atoms with Gasteiger partial charge in [-0.3, -0.25) is 24.6 Å². The zero-order valence-corrected chi connectivity index (χ0v) is 17.2. The van der Waals surface area contributed by atoms with E-state index >= 15 is 0 Å². The minimum atomic E-state index is -1.19. The molecule has 2 aromatic rings. The van der Waals surface area contributed by atoms with Crippen molar-refractivity contribution in [2.75, 3.05) is 5.32 Å². The Labute approximate surface area is 181 Å². The maximum atomic E-state index is 13.8. The third-order valence-electron chi connectivity index (χ3n) is 7.64. The summed E-state index contributed by atoms with van der Waals surface area (Å²) in [7, 11) is 0. The second-order valence-electron chi connectivity index (χ2n) is 9.24. The van der Waals surface area contributed by atoms with E-state index in [-0.39, 0.29) is 29.8 Å². The number of carbonyl (C=O) groups is 3. The number of nitrogens with one attached hydrogen (secondary N) is 2. The van der Waals surface area contributed by atoms with Crippen LogP contribution in [0, 0.1) is 11.8 Å². The van der Waals surface area contributed by atoms with Gasteiger partial charge >= 0.3 is 0 Å². The first-order valence-electron chi connectivity index (χ1n) is 11.2. The number of anilines is 1. The van der Waals surface area contributed by atoms with Gasteiger partial charge < -0.3 is 5.32 Å². The molecule has 2 saturated heterocycles. The lowest BCUT2D eigenvalue weighted by atomic mass is 9.76. The topological polar surface area (TPSA) is 78.5 Å². The number of rotatable bonds is 3. The van der Waals surface area contributed by atoms with Crippen molar-refractivity contribution in [3.05, 3.63) is 65.7 Å². The van der Waals surface area contributed by atoms with E-state index in [1.807, 2.05) is 54.6 Å². The first kappa shape index (κ1) is 18.8. The van der Waals surface area contributed by atoms with Crippen LogP contribution >= 0.6 is 0 Å². The van der Waals surface area contributed by atoms with Gasteiger partial charge in [0.2, 0.25) is 17.7 Å². The molecular weight excluding hydrogens is 390 g/mol. The summed E-state index contributed by atoms with van der Waals surface area (Å²) in [5, 5.41) is 6.48. The number of imide groups is 1. The summed E-state index contributed by atoms with van der Waals surface area (Å²) in [5.41, 5.74) is 1.39. The molecule has 6 rings (SSSR count). The van der Waals surface area contributed by atoms with Gasteiger partial charge in [-0.15, -0.1) is 0 Å². The van der Waals surface area contributed by atoms with Crippen molar-refractivity contribution in [2.45, 2.75) is 49.7 Å². The number of nitrogens with zero attached hydrogens (tertiary/aromatic N) is 1. The van der Waals surface area contributed by atoms with Gasteiger partial charge in [0, 0.05) is 23.3 Å². The van der Waals surface area contributed by atoms with E-state index in [1.165, 1.54) is 4.90 Å². The van der Waals surface area contributed by atoms with Crippen LogP contribution in [0.25, 0.3) is 0 Å². The Morgan fingerprint density at radius 3 is 2.39 bits per heavy atom. The Morgan fingerprint density at radius 1 is 0.903 bits per heavy atom. The van der Waals surface area contributed by atoms with Gasteiger partial charge in [0.25, 0.3) is 0 Å². The van der Waals surface area contributed by atoms with E-state index in [9.17, 15) is 14.4 Å². The maximum Gasteiger partial charge on any atom is 0.250 e. The summed E-state index contributed by atoms with van der Waals surface area (Å²) in [6.45, 7) is 0. The van der Waals surface area contributed by atoms with Crippen LogP contribution in [-0.4, -0.2) is 34.7 Å². The van der Waals surface area contributed by atoms with Crippen molar-refractivity contribution >= 4 is 23.4 Å². The van der Waals surface area contributed by atoms with E-state index < -0.39 is 17.4 Å². The van der Waals surface area contributed by atoms with Gasteiger partial charge in [-0.1, -0.05) is 61.4 Å². The Bertz CT molecular complexity index is 1080. The van der Waals surface area contributed by atoms with E-state index in [1.54, 1.807) is 0 Å². The number of amides is 3. The fourth-order valence-corrected chi connectivity index (χ4v) is 6.35. The molecule has 4 aliphatic rings. The molecule has 0 unspecified atom stereocenters. The first-order valence-corrected chi connectivity index (χ1v) is 11.2. The monoisotopic (exact) mass is 415 g/mol. The molecule has 31 heavy (non-hydrogen) atoms. The number of hydrogen-bond acceptors (Lipinski definition) is 4. The van der Waals surface area contributed by atoms with Crippen molar-refractivity contribution < 1.29 is 14.4 Å². The Hall–Kier alpha value is -2.99. The van der Waals surface area contributed by atoms with Crippen LogP contribution in [0.5, 0.6) is 0 Å². The van der Waals surface area contributed by atoms with Gasteiger partial charge in [0.1, 0.15) is 5.54 Å². The predicted molar refractivity (Wildman–Crippen MR) is 115 cm³/mol. The van der Waals surface area contributed by atoms with E-state index in [2.05, 4.69) is 10.6 Å². The molecule has 0 bridgehead atoms. The lowest BCUT2D eigenvalue weighted by Crippen LogP contribution is -2.54. The molecule has 1 aliphatic carbocycles. The molecule has 1 saturated carbocycles. The molecule has 3 heterocycles. The zero-order valence-electron chi connectivity index (χ0n) is 17.2. The third-order valence-corrected chi connectivity index (χ3v) is 7.64. The highest BCUT2D eigenvalue weighted by Crippen LogP contribution is 2.54. The molecule has 158 valence electrons. The SMILES string of the molecule is O=C1[C@@H]2[C@@H](Cc3ccccc3)N[C@@]3(C(=O)Nc4ccccc43)[C@H]2C(=O)N1C1CCCC1. The van der Waals surface area contributed by atoms with Crippen molar-refractivity contribution in [1.82, 2.24) is 10.2 Å². The van der Waals surface area contributed by atoms with Gasteiger partial charge in [-0.25, -0.2) is 0 Å². The van der Waals surface area contributed by atoms with Gasteiger partial charge in [-0.2, -0.15) is 0 Å². The van der Waals surface area contributed by atoms with E-state index in [4.69, 9.17) is 0 Å². The highest BCUT2D eigenvalue weighted by molar-refractivity contribution is 6.15. The smallest absolute Gasteiger partial charge is 0.250 e. The molecule has 1 spiro atoms. The van der Waals surface area contributed by atoms with Crippen LogP contribution in [0.3, 0.4) is 0 Å². The molecule has 3 aliphatic heterocycles. The number of benzene rings is 2. The zero-order chi connectivity index (χ0) is 21.2. The molecule has 6 heteroatoms. The normalized spacial score (nSPS) is 32.1. The van der Waals surface area contributed by atoms with Gasteiger partial charge in [-0.05, 0) is 30.9 Å². The second kappa shape index (κ2) is 6.76. The quantitative estimate of drug-likeness (QED) is 0.756. The van der Waals surface area contributed by atoms with Crippen LogP contribution in [0.4, 0.5) is 5.69 Å². The summed E-state index contributed by atoms with van der Waals surface area (Å²) in [4.78, 5) is 42.4. The molecule has 0 radical (unpaired) electrons. The number of likely N-dealkylation sites (tertiary alicyclic amines) is 1. The highest BCUT2D eigenvalue weighted by atomic mass is 16.2. The second-order valence-corrected chi connectivity index (χ2v) is 9.24. The van der Waals surface area contributed by atoms with Crippen LogP contribution in [0.1, 0.15) is 36.8 Å². The highest BCUT2D eigenvalue weighted by Gasteiger charge is 2.70. The van der Waals surface area contributed by atoms with Crippen LogP contribution in [-0.2, 0) is 26.3 Å². The maximum absolute atomic E-state index is 13.8. The van der Waals surface area contributed by atoms with Crippen molar-refractivity contribution in [3.8, 4) is 0 Å². The van der Waals surface area contributed by atoms with Gasteiger partial charge in [0.05, 0.1) is 11.8 Å². The summed E-state index contributed by atoms with van der Waals surface area (Å²) in [6.07, 6.45) is 4.40. The average molecular weight is 415 g/mol. The van der Waals surface area contributed by atoms with Gasteiger partial charge in [0.15, 0.2) is 0 Å². The number of para-hydroxylation sites is 1. The first-order chi connectivity index (χ1) is 15.1. The Morgan fingerprint density at radius 2 is 1.61 bits per heavy atom. The Balaban J connectivity index is 1.47. The summed E-state index contributed by atoms with van der Waals surface area (Å²) in [5.74, 6) is -1.77. The lowest BCUT2D eigenvalue weighted by Gasteiger charge is -2.31. The minimum Gasteiger partial charge on any atom is -0.324 e. The van der Waals surface area contributed by atoms with Crippen molar-refractivity contribution in [2.24, 2.45) is 11.8 Å². The average Bonchev–Trinajstić information content (AvgIpc) is 3.52. The molecule has 2 N–H and O–H groups in total. The molecular formula is C25H25N3O3. The van der Waals surface area contributed by atoms with E-state index in [0.29, 0.717) is 6.42 Å². The molecule has 0 aromatic heterocycles. The molecule has 3 amide bonds. The molecule has 2 aromatic carbocycles. The van der Waals surface area contributed by atoms with Crippen molar-refractivity contribution in [1.29, 1.82) is 0 Å². The van der Waals surface area contributed by atoms with Crippen LogP contribution < -0.4 is 10.6 Å². The number of fused-ring (bicyclic) bond motifs is 4. The molecule has 3 fully saturated rings. The summed E-state index contributed by atoms with van der Waals surface area (Å²) >= 11 is 0. The standard InChI is InChI=1S/C25H25N3O3/c29-22-20-19(14-15-8-2-1-3-9-15)27-25(17-12-6-7-13-18(17)26-24(25)31)21(20)23(30)28(22)16-10-4-5-11-16/h1-3,6-9,12-13,16,19-21,27H,4-5,10-11,14H2,(H,26,31)/t19-,20-,21-,25-/m1/s1. The number of carbonyl (C=O) groups excluding carboxylic acids is 3. The fraction of sp³-hybridized carbons (Fsp3) is 0.400. The fourth-order valence-electron chi connectivity index (χ4n) is 6.35. The molecule has 4 atom stereocenters. The third kappa shape index (κ3) is 2.51. The lowest BCUT2D eigenvalue weighted by molar-refractivity contribution is -0.145. The molecule has 6 nitrogen and oxygen atoms in total. The summed E-state index contributed by atoms with van der Waals surface area (Å²) in [6, 6.07) is 17.2. The Kier molecular flexibility index (Phi) is 4.09. The summed E-state index contributed by atoms with van der Waals surface area (Å²) < 4.78 is 0. The van der Waals surface area contributed by atoms with Crippen LogP contribution in [0.15, 0.2) is 54.6 Å². The van der Waals surface area contributed by atoms with Crippen LogP contribution in [0.2, 0.25) is 0 Å². The largest absolute Gasteiger partial charge is 0.324 e. The predicted octanol–water partition coefficient (Wildman–Crippen LogP) is 2.59. The van der Waals surface area contributed by atoms with Crippen molar-refractivity contribution in [3.63, 3.8) is 0 Å². The number of hydrogen-bond donors (Lipinski definition) is 2. The van der Waals surface area contributed by atoms with E-state index in [0.717, 1.165) is 42.5 Å².